The van der Waals surface area contributed by atoms with Gasteiger partial charge in [0.05, 0.1) is 0 Å². The lowest BCUT2D eigenvalue weighted by atomic mass is 10.1. The van der Waals surface area contributed by atoms with E-state index in [4.69, 9.17) is 0 Å². The minimum absolute atomic E-state index is 0.734. The molecule has 0 radical (unpaired) electrons. The highest BCUT2D eigenvalue weighted by atomic mass is 15.3. The van der Waals surface area contributed by atoms with Gasteiger partial charge >= 0.3 is 0 Å². The van der Waals surface area contributed by atoms with Gasteiger partial charge in [0.15, 0.2) is 0 Å². The summed E-state index contributed by atoms with van der Waals surface area (Å²) in [4.78, 5) is 5.31. The largest absolute Gasteiger partial charge is 0.298 e. The molecule has 2 saturated heterocycles. The Morgan fingerprint density at radius 3 is 2.33 bits per heavy atom. The van der Waals surface area contributed by atoms with Gasteiger partial charge in [0.1, 0.15) is 0 Å². The molecular weight excluding hydrogens is 184 g/mol. The molecule has 15 heavy (non-hydrogen) atoms. The Morgan fingerprint density at radius 2 is 1.73 bits per heavy atom. The fraction of sp³-hybridized carbons (Fsp3) is 1.00. The van der Waals surface area contributed by atoms with Gasteiger partial charge in [-0.1, -0.05) is 20.8 Å². The number of rotatable bonds is 1. The zero-order chi connectivity index (χ0) is 11.4. The van der Waals surface area contributed by atoms with Crippen molar-refractivity contribution in [2.75, 3.05) is 26.2 Å². The fourth-order valence-electron chi connectivity index (χ4n) is 2.79. The standard InChI is InChI=1S/C11H22N2.C2H6/c1-9(2)12-4-5-13-7-10(3)6-11(13)8-12;1-2/h9-11H,4-8H2,1-3H3;1-2H3. The van der Waals surface area contributed by atoms with Crippen molar-refractivity contribution in [2.24, 2.45) is 5.92 Å². The van der Waals surface area contributed by atoms with E-state index in [9.17, 15) is 0 Å². The lowest BCUT2D eigenvalue weighted by Crippen LogP contribution is -2.52. The van der Waals surface area contributed by atoms with Gasteiger partial charge in [0, 0.05) is 38.3 Å². The monoisotopic (exact) mass is 212 g/mol. The third-order valence-corrected chi connectivity index (χ3v) is 3.59. The molecule has 0 aromatic carbocycles. The van der Waals surface area contributed by atoms with E-state index < -0.39 is 0 Å². The molecule has 0 saturated carbocycles. The van der Waals surface area contributed by atoms with Crippen molar-refractivity contribution in [1.29, 1.82) is 0 Å². The lowest BCUT2D eigenvalue weighted by Gasteiger charge is -2.39. The molecule has 0 bridgehead atoms. The number of fused-ring (bicyclic) bond motifs is 1. The van der Waals surface area contributed by atoms with Crippen LogP contribution in [-0.2, 0) is 0 Å². The number of nitrogens with zero attached hydrogens (tertiary/aromatic N) is 2. The predicted octanol–water partition coefficient (Wildman–Crippen LogP) is 2.45. The van der Waals surface area contributed by atoms with Crippen LogP contribution in [0.15, 0.2) is 0 Å². The molecule has 2 heterocycles. The van der Waals surface area contributed by atoms with Crippen LogP contribution < -0.4 is 0 Å². The molecular formula is C13H28N2. The van der Waals surface area contributed by atoms with E-state index in [0.717, 1.165) is 18.0 Å². The maximum atomic E-state index is 2.68. The summed E-state index contributed by atoms with van der Waals surface area (Å²) in [6.07, 6.45) is 1.42. The summed E-state index contributed by atoms with van der Waals surface area (Å²) >= 11 is 0. The quantitative estimate of drug-likeness (QED) is 0.659. The highest BCUT2D eigenvalue weighted by molar-refractivity contribution is 4.90. The van der Waals surface area contributed by atoms with Gasteiger partial charge in [-0.15, -0.1) is 0 Å². The average molecular weight is 212 g/mol. The number of piperazine rings is 1. The molecule has 0 aromatic rings. The van der Waals surface area contributed by atoms with Gasteiger partial charge in [0.25, 0.3) is 0 Å². The predicted molar refractivity (Wildman–Crippen MR) is 67.2 cm³/mol. The maximum absolute atomic E-state index is 2.68. The molecule has 90 valence electrons. The Hall–Kier alpha value is -0.0800. The molecule has 2 heteroatoms. The molecule has 0 aliphatic carbocycles. The van der Waals surface area contributed by atoms with E-state index in [1.54, 1.807) is 0 Å². The van der Waals surface area contributed by atoms with Gasteiger partial charge in [-0.2, -0.15) is 0 Å². The molecule has 0 aromatic heterocycles. The Labute approximate surface area is 95.6 Å². The summed E-state index contributed by atoms with van der Waals surface area (Å²) in [6, 6.07) is 1.60. The van der Waals surface area contributed by atoms with Crippen LogP contribution in [0.4, 0.5) is 0 Å². The van der Waals surface area contributed by atoms with E-state index in [1.807, 2.05) is 13.8 Å². The summed E-state index contributed by atoms with van der Waals surface area (Å²) in [6.45, 7) is 16.2. The SMILES string of the molecule is CC.CC1CC2CN(C(C)C)CCN2C1. The molecule has 2 aliphatic heterocycles. The Kier molecular flexibility index (Phi) is 5.07. The zero-order valence-electron chi connectivity index (χ0n) is 11.2. The normalized spacial score (nSPS) is 32.4. The minimum Gasteiger partial charge on any atom is -0.298 e. The Balaban J connectivity index is 0.000000531. The number of hydrogen-bond donors (Lipinski definition) is 0. The van der Waals surface area contributed by atoms with Crippen molar-refractivity contribution in [3.05, 3.63) is 0 Å². The lowest BCUT2D eigenvalue weighted by molar-refractivity contribution is 0.0825. The van der Waals surface area contributed by atoms with Crippen molar-refractivity contribution >= 4 is 0 Å². The van der Waals surface area contributed by atoms with Crippen LogP contribution in [0.1, 0.15) is 41.0 Å². The van der Waals surface area contributed by atoms with Crippen LogP contribution in [0.5, 0.6) is 0 Å². The summed E-state index contributed by atoms with van der Waals surface area (Å²) < 4.78 is 0. The van der Waals surface area contributed by atoms with E-state index in [1.165, 1.54) is 32.6 Å². The molecule has 2 aliphatic rings. The Bertz CT molecular complexity index is 179. The first kappa shape index (κ1) is 13.0. The summed E-state index contributed by atoms with van der Waals surface area (Å²) in [5.74, 6) is 0.928. The summed E-state index contributed by atoms with van der Waals surface area (Å²) in [5.41, 5.74) is 0. The van der Waals surface area contributed by atoms with Gasteiger partial charge in [-0.3, -0.25) is 9.80 Å². The van der Waals surface area contributed by atoms with E-state index >= 15 is 0 Å². The molecule has 2 nitrogen and oxygen atoms in total. The van der Waals surface area contributed by atoms with Crippen molar-refractivity contribution < 1.29 is 0 Å². The second-order valence-corrected chi connectivity index (χ2v) is 5.08. The summed E-state index contributed by atoms with van der Waals surface area (Å²) in [5, 5.41) is 0. The molecule has 0 N–H and O–H groups in total. The highest BCUT2D eigenvalue weighted by Gasteiger charge is 2.34. The van der Waals surface area contributed by atoms with Crippen molar-refractivity contribution in [3.63, 3.8) is 0 Å². The summed E-state index contributed by atoms with van der Waals surface area (Å²) in [7, 11) is 0. The first-order valence-corrected chi connectivity index (χ1v) is 6.65. The van der Waals surface area contributed by atoms with Crippen LogP contribution in [0.25, 0.3) is 0 Å². The molecule has 2 unspecified atom stereocenters. The average Bonchev–Trinajstić information content (AvgIpc) is 2.59. The zero-order valence-corrected chi connectivity index (χ0v) is 11.2. The van der Waals surface area contributed by atoms with Crippen LogP contribution in [0, 0.1) is 5.92 Å². The van der Waals surface area contributed by atoms with Gasteiger partial charge < -0.3 is 0 Å². The van der Waals surface area contributed by atoms with Crippen molar-refractivity contribution in [3.8, 4) is 0 Å². The molecule has 2 fully saturated rings. The third-order valence-electron chi connectivity index (χ3n) is 3.59. The molecule has 0 spiro atoms. The van der Waals surface area contributed by atoms with E-state index in [0.29, 0.717) is 0 Å². The maximum Gasteiger partial charge on any atom is 0.0226 e. The molecule has 2 atom stereocenters. The fourth-order valence-corrected chi connectivity index (χ4v) is 2.79. The second-order valence-electron chi connectivity index (χ2n) is 5.08. The number of hydrogen-bond acceptors (Lipinski definition) is 2. The van der Waals surface area contributed by atoms with Crippen LogP contribution in [-0.4, -0.2) is 48.1 Å². The first-order chi connectivity index (χ1) is 7.16. The third kappa shape index (κ3) is 3.18. The van der Waals surface area contributed by atoms with Crippen molar-refractivity contribution in [2.45, 2.75) is 53.1 Å². The van der Waals surface area contributed by atoms with Gasteiger partial charge in [-0.25, -0.2) is 0 Å². The van der Waals surface area contributed by atoms with E-state index in [-0.39, 0.29) is 0 Å². The molecule has 0 amide bonds. The van der Waals surface area contributed by atoms with Crippen LogP contribution >= 0.6 is 0 Å². The second kappa shape index (κ2) is 5.86. The first-order valence-electron chi connectivity index (χ1n) is 6.65. The van der Waals surface area contributed by atoms with Gasteiger partial charge in [-0.05, 0) is 26.2 Å². The topological polar surface area (TPSA) is 6.48 Å². The molecule has 2 rings (SSSR count). The minimum atomic E-state index is 0.734. The van der Waals surface area contributed by atoms with Crippen LogP contribution in [0.3, 0.4) is 0 Å². The van der Waals surface area contributed by atoms with Crippen molar-refractivity contribution in [1.82, 2.24) is 9.80 Å². The Morgan fingerprint density at radius 1 is 1.07 bits per heavy atom. The van der Waals surface area contributed by atoms with E-state index in [2.05, 4.69) is 30.6 Å². The van der Waals surface area contributed by atoms with Gasteiger partial charge in [0.2, 0.25) is 0 Å². The van der Waals surface area contributed by atoms with Crippen LogP contribution in [0.2, 0.25) is 0 Å². The smallest absolute Gasteiger partial charge is 0.0226 e. The highest BCUT2D eigenvalue weighted by Crippen LogP contribution is 2.26.